The number of phenolic OH excluding ortho intramolecular Hbond substituents is 2. The summed E-state index contributed by atoms with van der Waals surface area (Å²) in [5.41, 5.74) is 4.64. The summed E-state index contributed by atoms with van der Waals surface area (Å²) in [6.45, 7) is 4.71. The zero-order chi connectivity index (χ0) is 20.4. The maximum Gasteiger partial charge on any atom is 0.119 e. The molecule has 2 saturated carbocycles. The smallest absolute Gasteiger partial charge is 0.119 e. The lowest BCUT2D eigenvalue weighted by Crippen LogP contribution is -2.18. The van der Waals surface area contributed by atoms with E-state index >= 15 is 0 Å². The molecule has 2 aromatic carbocycles. The summed E-state index contributed by atoms with van der Waals surface area (Å²) in [5, 5.41) is 21.7. The molecule has 4 rings (SSSR count). The SMILES string of the molecule is CC1CCCCC1c1cccc(O)c1Cc1c(O)cccc1C1CCCCC1C. The lowest BCUT2D eigenvalue weighted by molar-refractivity contribution is 0.326. The fourth-order valence-corrected chi connectivity index (χ4v) is 6.00. The van der Waals surface area contributed by atoms with Gasteiger partial charge in [0.1, 0.15) is 11.5 Å². The van der Waals surface area contributed by atoms with Crippen molar-refractivity contribution in [3.05, 3.63) is 58.7 Å². The highest BCUT2D eigenvalue weighted by Gasteiger charge is 2.29. The van der Waals surface area contributed by atoms with Gasteiger partial charge in [-0.25, -0.2) is 0 Å². The first kappa shape index (κ1) is 20.3. The molecule has 0 heterocycles. The van der Waals surface area contributed by atoms with Crippen molar-refractivity contribution in [2.75, 3.05) is 0 Å². The molecular formula is C27H36O2. The summed E-state index contributed by atoms with van der Waals surface area (Å²) in [4.78, 5) is 0. The first-order valence-electron chi connectivity index (χ1n) is 11.7. The Morgan fingerprint density at radius 3 is 1.48 bits per heavy atom. The Morgan fingerprint density at radius 2 is 1.07 bits per heavy atom. The van der Waals surface area contributed by atoms with E-state index < -0.39 is 0 Å². The molecule has 2 heteroatoms. The highest BCUT2D eigenvalue weighted by Crippen LogP contribution is 2.44. The minimum Gasteiger partial charge on any atom is -0.508 e. The van der Waals surface area contributed by atoms with Gasteiger partial charge in [-0.2, -0.15) is 0 Å². The van der Waals surface area contributed by atoms with Crippen molar-refractivity contribution in [3.63, 3.8) is 0 Å². The molecule has 2 nitrogen and oxygen atoms in total. The molecule has 0 aliphatic heterocycles. The lowest BCUT2D eigenvalue weighted by Gasteiger charge is -2.32. The number of benzene rings is 2. The molecule has 0 radical (unpaired) electrons. The van der Waals surface area contributed by atoms with Gasteiger partial charge in [0.15, 0.2) is 0 Å². The van der Waals surface area contributed by atoms with Crippen LogP contribution in [0.25, 0.3) is 0 Å². The third-order valence-corrected chi connectivity index (χ3v) is 7.75. The van der Waals surface area contributed by atoms with E-state index in [4.69, 9.17) is 0 Å². The number of phenols is 2. The van der Waals surface area contributed by atoms with Crippen LogP contribution in [0.5, 0.6) is 11.5 Å². The van der Waals surface area contributed by atoms with Crippen LogP contribution in [0.2, 0.25) is 0 Å². The summed E-state index contributed by atoms with van der Waals surface area (Å²) in [5.74, 6) is 3.07. The topological polar surface area (TPSA) is 40.5 Å². The Kier molecular flexibility index (Phi) is 6.18. The van der Waals surface area contributed by atoms with Gasteiger partial charge in [0.25, 0.3) is 0 Å². The first-order valence-corrected chi connectivity index (χ1v) is 11.7. The van der Waals surface area contributed by atoms with Crippen molar-refractivity contribution < 1.29 is 10.2 Å². The molecule has 2 aliphatic rings. The molecule has 156 valence electrons. The third-order valence-electron chi connectivity index (χ3n) is 7.75. The van der Waals surface area contributed by atoms with E-state index in [9.17, 15) is 10.2 Å². The van der Waals surface area contributed by atoms with Gasteiger partial charge in [-0.15, -0.1) is 0 Å². The number of hydrogen-bond acceptors (Lipinski definition) is 2. The van der Waals surface area contributed by atoms with Crippen LogP contribution in [0.3, 0.4) is 0 Å². The Hall–Kier alpha value is -1.96. The maximum absolute atomic E-state index is 10.8. The second kappa shape index (κ2) is 8.81. The second-order valence-electron chi connectivity index (χ2n) is 9.60. The monoisotopic (exact) mass is 392 g/mol. The summed E-state index contributed by atoms with van der Waals surface area (Å²) in [7, 11) is 0. The van der Waals surface area contributed by atoms with Gasteiger partial charge < -0.3 is 10.2 Å². The van der Waals surface area contributed by atoms with Crippen molar-refractivity contribution >= 4 is 0 Å². The Bertz CT molecular complexity index is 771. The van der Waals surface area contributed by atoms with Gasteiger partial charge in [0, 0.05) is 17.5 Å². The van der Waals surface area contributed by atoms with Crippen LogP contribution in [0.15, 0.2) is 36.4 Å². The Balaban J connectivity index is 1.73. The van der Waals surface area contributed by atoms with Crippen LogP contribution >= 0.6 is 0 Å². The summed E-state index contributed by atoms with van der Waals surface area (Å²) < 4.78 is 0. The molecular weight excluding hydrogens is 356 g/mol. The maximum atomic E-state index is 10.8. The van der Waals surface area contributed by atoms with Crippen molar-refractivity contribution in [1.29, 1.82) is 0 Å². The van der Waals surface area contributed by atoms with Crippen LogP contribution < -0.4 is 0 Å². The standard InChI is InChI=1S/C27H36O2/c1-18-9-3-5-11-20(18)22-13-7-15-26(28)24(22)17-25-23(14-8-16-27(25)29)21-12-6-4-10-19(21)2/h7-8,13-16,18-21,28-29H,3-6,9-12,17H2,1-2H3. The molecule has 0 aromatic heterocycles. The number of hydrogen-bond donors (Lipinski definition) is 2. The predicted molar refractivity (Wildman–Crippen MR) is 120 cm³/mol. The fourth-order valence-electron chi connectivity index (χ4n) is 6.00. The van der Waals surface area contributed by atoms with Gasteiger partial charge >= 0.3 is 0 Å². The van der Waals surface area contributed by atoms with E-state index in [0.717, 1.165) is 11.1 Å². The molecule has 0 bridgehead atoms. The highest BCUT2D eigenvalue weighted by atomic mass is 16.3. The van der Waals surface area contributed by atoms with E-state index in [2.05, 4.69) is 26.0 Å². The van der Waals surface area contributed by atoms with Gasteiger partial charge in [-0.3, -0.25) is 0 Å². The summed E-state index contributed by atoms with van der Waals surface area (Å²) in [6.07, 6.45) is 10.7. The molecule has 2 aliphatic carbocycles. The summed E-state index contributed by atoms with van der Waals surface area (Å²) >= 11 is 0. The largest absolute Gasteiger partial charge is 0.508 e. The normalized spacial score (nSPS) is 27.7. The van der Waals surface area contributed by atoms with Crippen molar-refractivity contribution in [2.45, 2.75) is 83.5 Å². The molecule has 2 N–H and O–H groups in total. The van der Waals surface area contributed by atoms with Gasteiger partial charge in [0.2, 0.25) is 0 Å². The van der Waals surface area contributed by atoms with Gasteiger partial charge in [0.05, 0.1) is 0 Å². The van der Waals surface area contributed by atoms with E-state index in [0.29, 0.717) is 41.6 Å². The van der Waals surface area contributed by atoms with Crippen LogP contribution in [-0.2, 0) is 6.42 Å². The minimum absolute atomic E-state index is 0.381. The molecule has 4 unspecified atom stereocenters. The molecule has 4 atom stereocenters. The van der Waals surface area contributed by atoms with Gasteiger partial charge in [-0.1, -0.05) is 76.6 Å². The first-order chi connectivity index (χ1) is 14.1. The van der Waals surface area contributed by atoms with Crippen LogP contribution in [-0.4, -0.2) is 10.2 Å². The molecule has 2 aromatic rings. The number of rotatable bonds is 4. The number of aromatic hydroxyl groups is 2. The third kappa shape index (κ3) is 4.17. The lowest BCUT2D eigenvalue weighted by atomic mass is 9.72. The van der Waals surface area contributed by atoms with Crippen LogP contribution in [0, 0.1) is 11.8 Å². The fraction of sp³-hybridized carbons (Fsp3) is 0.556. The van der Waals surface area contributed by atoms with Crippen LogP contribution in [0.4, 0.5) is 0 Å². The van der Waals surface area contributed by atoms with E-state index in [1.165, 1.54) is 62.5 Å². The molecule has 0 spiro atoms. The second-order valence-corrected chi connectivity index (χ2v) is 9.60. The van der Waals surface area contributed by atoms with Crippen LogP contribution in [0.1, 0.15) is 99.3 Å². The zero-order valence-corrected chi connectivity index (χ0v) is 18.0. The quantitative estimate of drug-likeness (QED) is 0.574. The zero-order valence-electron chi connectivity index (χ0n) is 18.0. The Labute approximate surface area is 176 Å². The van der Waals surface area contributed by atoms with Crippen molar-refractivity contribution in [1.82, 2.24) is 0 Å². The summed E-state index contributed by atoms with van der Waals surface area (Å²) in [6, 6.07) is 12.0. The average molecular weight is 393 g/mol. The molecule has 29 heavy (non-hydrogen) atoms. The molecule has 0 amide bonds. The molecule has 0 saturated heterocycles. The van der Waals surface area contributed by atoms with E-state index in [1.807, 2.05) is 24.3 Å². The average Bonchev–Trinajstić information content (AvgIpc) is 2.72. The highest BCUT2D eigenvalue weighted by molar-refractivity contribution is 5.50. The molecule has 2 fully saturated rings. The minimum atomic E-state index is 0.381. The van der Waals surface area contributed by atoms with Gasteiger partial charge in [-0.05, 0) is 59.8 Å². The van der Waals surface area contributed by atoms with Crippen molar-refractivity contribution in [3.8, 4) is 11.5 Å². The van der Waals surface area contributed by atoms with E-state index in [1.54, 1.807) is 0 Å². The van der Waals surface area contributed by atoms with E-state index in [-0.39, 0.29) is 0 Å². The Morgan fingerprint density at radius 1 is 0.655 bits per heavy atom. The van der Waals surface area contributed by atoms with Crippen molar-refractivity contribution in [2.24, 2.45) is 11.8 Å². The predicted octanol–water partition coefficient (Wildman–Crippen LogP) is 7.28.